The molecule has 2 aromatic rings. The van der Waals surface area contributed by atoms with Crippen molar-refractivity contribution < 1.29 is 4.79 Å². The van der Waals surface area contributed by atoms with E-state index in [4.69, 9.17) is 0 Å². The van der Waals surface area contributed by atoms with E-state index in [1.807, 2.05) is 11.9 Å². The van der Waals surface area contributed by atoms with Crippen molar-refractivity contribution in [2.45, 2.75) is 51.1 Å². The second-order valence-electron chi connectivity index (χ2n) is 9.88. The summed E-state index contributed by atoms with van der Waals surface area (Å²) in [4.78, 5) is 19.8. The van der Waals surface area contributed by atoms with Crippen molar-refractivity contribution in [3.05, 3.63) is 60.2 Å². The Balaban J connectivity index is 1.23. The molecular formula is C28H39N3O. The monoisotopic (exact) mass is 433 g/mol. The summed E-state index contributed by atoms with van der Waals surface area (Å²) in [5.74, 6) is 0.982. The number of hydrogen-bond acceptors (Lipinski definition) is 3. The SMILES string of the molecule is CN1CCC(N(C)C(=O)CC[C@H]2CCCN(Cc3ccc(-c4ccccc4)cc3)C2)CC1. The van der Waals surface area contributed by atoms with E-state index in [0.29, 0.717) is 24.3 Å². The third kappa shape index (κ3) is 6.20. The topological polar surface area (TPSA) is 26.8 Å². The highest BCUT2D eigenvalue weighted by molar-refractivity contribution is 5.76. The number of benzene rings is 2. The summed E-state index contributed by atoms with van der Waals surface area (Å²) < 4.78 is 0. The third-order valence-electron chi connectivity index (χ3n) is 7.47. The number of amides is 1. The molecule has 172 valence electrons. The highest BCUT2D eigenvalue weighted by Crippen LogP contribution is 2.25. The van der Waals surface area contributed by atoms with Crippen LogP contribution < -0.4 is 0 Å². The van der Waals surface area contributed by atoms with Gasteiger partial charge in [-0.15, -0.1) is 0 Å². The fourth-order valence-corrected chi connectivity index (χ4v) is 5.31. The molecule has 0 aromatic heterocycles. The number of likely N-dealkylation sites (tertiary alicyclic amines) is 2. The molecule has 1 amide bonds. The summed E-state index contributed by atoms with van der Waals surface area (Å²) >= 11 is 0. The molecule has 2 fully saturated rings. The minimum atomic E-state index is 0.341. The van der Waals surface area contributed by atoms with Crippen LogP contribution in [0.15, 0.2) is 54.6 Å². The van der Waals surface area contributed by atoms with Crippen LogP contribution in [0.2, 0.25) is 0 Å². The van der Waals surface area contributed by atoms with Crippen molar-refractivity contribution in [2.24, 2.45) is 5.92 Å². The number of carbonyl (C=O) groups is 1. The van der Waals surface area contributed by atoms with Crippen LogP contribution >= 0.6 is 0 Å². The molecule has 0 spiro atoms. The summed E-state index contributed by atoms with van der Waals surface area (Å²) in [5, 5.41) is 0. The Morgan fingerprint density at radius 1 is 0.938 bits per heavy atom. The van der Waals surface area contributed by atoms with Crippen LogP contribution in [-0.4, -0.2) is 66.9 Å². The lowest BCUT2D eigenvalue weighted by atomic mass is 9.92. The molecule has 0 N–H and O–H groups in total. The molecule has 4 heteroatoms. The lowest BCUT2D eigenvalue weighted by molar-refractivity contribution is -0.133. The lowest BCUT2D eigenvalue weighted by Gasteiger charge is -2.36. The second-order valence-corrected chi connectivity index (χ2v) is 9.88. The van der Waals surface area contributed by atoms with E-state index < -0.39 is 0 Å². The summed E-state index contributed by atoms with van der Waals surface area (Å²) in [6.07, 6.45) is 6.45. The molecule has 32 heavy (non-hydrogen) atoms. The molecule has 2 saturated heterocycles. The Kier molecular flexibility index (Phi) is 7.99. The zero-order chi connectivity index (χ0) is 22.3. The maximum absolute atomic E-state index is 12.8. The molecule has 2 aromatic carbocycles. The van der Waals surface area contributed by atoms with Gasteiger partial charge < -0.3 is 9.80 Å². The Morgan fingerprint density at radius 3 is 2.34 bits per heavy atom. The maximum atomic E-state index is 12.8. The Labute approximate surface area is 194 Å². The first-order valence-electron chi connectivity index (χ1n) is 12.4. The van der Waals surface area contributed by atoms with Gasteiger partial charge in [-0.3, -0.25) is 9.69 Å². The molecule has 4 rings (SSSR count). The quantitative estimate of drug-likeness (QED) is 0.621. The zero-order valence-corrected chi connectivity index (χ0v) is 19.9. The van der Waals surface area contributed by atoms with Gasteiger partial charge in [-0.25, -0.2) is 0 Å². The van der Waals surface area contributed by atoms with Crippen molar-refractivity contribution in [1.29, 1.82) is 0 Å². The van der Waals surface area contributed by atoms with E-state index in [0.717, 1.165) is 45.4 Å². The smallest absolute Gasteiger partial charge is 0.222 e. The van der Waals surface area contributed by atoms with Crippen molar-refractivity contribution in [2.75, 3.05) is 40.3 Å². The average molecular weight is 434 g/mol. The Morgan fingerprint density at radius 2 is 1.62 bits per heavy atom. The van der Waals surface area contributed by atoms with Gasteiger partial charge in [0.2, 0.25) is 5.91 Å². The fourth-order valence-electron chi connectivity index (χ4n) is 5.31. The van der Waals surface area contributed by atoms with Crippen LogP contribution in [0.3, 0.4) is 0 Å². The van der Waals surface area contributed by atoms with Gasteiger partial charge in [-0.1, -0.05) is 54.6 Å². The number of rotatable bonds is 7. The third-order valence-corrected chi connectivity index (χ3v) is 7.47. The van der Waals surface area contributed by atoms with Crippen LogP contribution in [0.4, 0.5) is 0 Å². The van der Waals surface area contributed by atoms with Crippen LogP contribution in [0.5, 0.6) is 0 Å². The standard InChI is InChI=1S/C28H39N3O/c1-29-19-16-27(17-20-29)30(2)28(32)15-12-23-7-6-18-31(21-23)22-24-10-13-26(14-11-24)25-8-4-3-5-9-25/h3-5,8-11,13-14,23,27H,6-7,12,15-22H2,1-2H3/t23-/m1/s1. The van der Waals surface area contributed by atoms with E-state index in [1.54, 1.807) is 0 Å². The first-order valence-corrected chi connectivity index (χ1v) is 12.4. The molecule has 0 unspecified atom stereocenters. The number of carbonyl (C=O) groups excluding carboxylic acids is 1. The first kappa shape index (κ1) is 23.0. The van der Waals surface area contributed by atoms with E-state index in [2.05, 4.69) is 71.4 Å². The van der Waals surface area contributed by atoms with Crippen molar-refractivity contribution in [3.8, 4) is 11.1 Å². The molecule has 4 nitrogen and oxygen atoms in total. The summed E-state index contributed by atoms with van der Waals surface area (Å²) in [7, 11) is 4.19. The summed E-state index contributed by atoms with van der Waals surface area (Å²) in [6, 6.07) is 20.0. The molecule has 2 heterocycles. The lowest BCUT2D eigenvalue weighted by Crippen LogP contribution is -2.44. The minimum absolute atomic E-state index is 0.341. The van der Waals surface area contributed by atoms with Gasteiger partial charge in [-0.05, 0) is 81.4 Å². The maximum Gasteiger partial charge on any atom is 0.222 e. The number of hydrogen-bond donors (Lipinski definition) is 0. The number of nitrogens with zero attached hydrogens (tertiary/aromatic N) is 3. The molecule has 0 saturated carbocycles. The van der Waals surface area contributed by atoms with Crippen LogP contribution in [0.25, 0.3) is 11.1 Å². The average Bonchev–Trinajstić information content (AvgIpc) is 2.84. The van der Waals surface area contributed by atoms with E-state index >= 15 is 0 Å². The van der Waals surface area contributed by atoms with Gasteiger partial charge in [0.05, 0.1) is 0 Å². The summed E-state index contributed by atoms with van der Waals surface area (Å²) in [6.45, 7) is 5.50. The molecule has 2 aliphatic heterocycles. The van der Waals surface area contributed by atoms with Crippen molar-refractivity contribution in [1.82, 2.24) is 14.7 Å². The number of piperidine rings is 2. The zero-order valence-electron chi connectivity index (χ0n) is 19.9. The van der Waals surface area contributed by atoms with Crippen LogP contribution in [-0.2, 0) is 11.3 Å². The highest BCUT2D eigenvalue weighted by Gasteiger charge is 2.25. The second kappa shape index (κ2) is 11.1. The predicted octanol–water partition coefficient (Wildman–Crippen LogP) is 4.90. The van der Waals surface area contributed by atoms with Gasteiger partial charge in [-0.2, -0.15) is 0 Å². The van der Waals surface area contributed by atoms with Crippen molar-refractivity contribution >= 4 is 5.91 Å². The highest BCUT2D eigenvalue weighted by atomic mass is 16.2. The van der Waals surface area contributed by atoms with E-state index in [9.17, 15) is 4.79 Å². The van der Waals surface area contributed by atoms with Gasteiger partial charge in [0.15, 0.2) is 0 Å². The van der Waals surface area contributed by atoms with Gasteiger partial charge in [0.1, 0.15) is 0 Å². The van der Waals surface area contributed by atoms with Gasteiger partial charge >= 0.3 is 0 Å². The molecule has 2 aliphatic rings. The van der Waals surface area contributed by atoms with E-state index in [1.165, 1.54) is 36.1 Å². The van der Waals surface area contributed by atoms with Crippen molar-refractivity contribution in [3.63, 3.8) is 0 Å². The Bertz CT molecular complexity index is 843. The Hall–Kier alpha value is -2.17. The predicted molar refractivity (Wildman–Crippen MR) is 132 cm³/mol. The molecule has 1 atom stereocenters. The normalized spacial score (nSPS) is 20.9. The fraction of sp³-hybridized carbons (Fsp3) is 0.536. The first-order chi connectivity index (χ1) is 15.6. The molecular weight excluding hydrogens is 394 g/mol. The van der Waals surface area contributed by atoms with Gasteiger partial charge in [0, 0.05) is 32.6 Å². The summed E-state index contributed by atoms with van der Waals surface area (Å²) in [5.41, 5.74) is 3.92. The van der Waals surface area contributed by atoms with Crippen LogP contribution in [0, 0.1) is 5.92 Å². The molecule has 0 bridgehead atoms. The van der Waals surface area contributed by atoms with E-state index in [-0.39, 0.29) is 0 Å². The minimum Gasteiger partial charge on any atom is -0.343 e. The molecule has 0 radical (unpaired) electrons. The molecule has 0 aliphatic carbocycles. The van der Waals surface area contributed by atoms with Gasteiger partial charge in [0.25, 0.3) is 0 Å². The van der Waals surface area contributed by atoms with Crippen LogP contribution in [0.1, 0.15) is 44.1 Å². The largest absolute Gasteiger partial charge is 0.343 e.